The minimum atomic E-state index is -0.763. The van der Waals surface area contributed by atoms with Gasteiger partial charge in [0.1, 0.15) is 11.5 Å². The molecular formula is C8H7N3O6. The number of furan rings is 1. The molecule has 0 spiro atoms. The van der Waals surface area contributed by atoms with Crippen LogP contribution in [0.5, 0.6) is 0 Å². The fourth-order valence-electron chi connectivity index (χ4n) is 1.22. The third-order valence-electron chi connectivity index (χ3n) is 1.99. The third kappa shape index (κ3) is 2.17. The molecule has 0 bridgehead atoms. The minimum absolute atomic E-state index is 0.178. The van der Waals surface area contributed by atoms with Crippen LogP contribution in [-0.4, -0.2) is 35.1 Å². The topological polar surface area (TPSA) is 115 Å². The summed E-state index contributed by atoms with van der Waals surface area (Å²) in [5.74, 6) is -1.55. The van der Waals surface area contributed by atoms with Crippen LogP contribution >= 0.6 is 0 Å². The summed E-state index contributed by atoms with van der Waals surface area (Å²) in [6, 6.07) is 2.20. The number of nitro groups is 1. The molecule has 0 atom stereocenters. The zero-order chi connectivity index (χ0) is 12.4. The average molecular weight is 241 g/mol. The second kappa shape index (κ2) is 4.12. The van der Waals surface area contributed by atoms with Gasteiger partial charge in [0.2, 0.25) is 5.76 Å². The average Bonchev–Trinajstić information content (AvgIpc) is 2.88. The lowest BCUT2D eigenvalue weighted by molar-refractivity contribution is -0.402. The number of nitrogens with one attached hydrogen (secondary N) is 1. The van der Waals surface area contributed by atoms with Gasteiger partial charge in [-0.2, -0.15) is 0 Å². The van der Waals surface area contributed by atoms with E-state index >= 15 is 0 Å². The number of rotatable bonds is 3. The molecule has 2 rings (SSSR count). The van der Waals surface area contributed by atoms with Gasteiger partial charge in [-0.25, -0.2) is 9.80 Å². The zero-order valence-electron chi connectivity index (χ0n) is 8.41. The molecule has 17 heavy (non-hydrogen) atoms. The van der Waals surface area contributed by atoms with Gasteiger partial charge in [0.25, 0.3) is 0 Å². The van der Waals surface area contributed by atoms with Crippen molar-refractivity contribution < 1.29 is 23.7 Å². The minimum Gasteiger partial charge on any atom is -0.446 e. The highest BCUT2D eigenvalue weighted by atomic mass is 16.6. The van der Waals surface area contributed by atoms with Gasteiger partial charge in [0.15, 0.2) is 0 Å². The van der Waals surface area contributed by atoms with Gasteiger partial charge >= 0.3 is 17.9 Å². The molecule has 0 aromatic carbocycles. The van der Waals surface area contributed by atoms with Gasteiger partial charge < -0.3 is 9.15 Å². The van der Waals surface area contributed by atoms with E-state index in [9.17, 15) is 19.7 Å². The molecule has 1 saturated heterocycles. The van der Waals surface area contributed by atoms with E-state index in [1.165, 1.54) is 0 Å². The molecule has 0 aliphatic carbocycles. The van der Waals surface area contributed by atoms with Crippen LogP contribution in [0.2, 0.25) is 0 Å². The molecule has 2 heterocycles. The van der Waals surface area contributed by atoms with Crippen molar-refractivity contribution in [1.29, 1.82) is 0 Å². The van der Waals surface area contributed by atoms with Crippen LogP contribution in [-0.2, 0) is 4.74 Å². The Bertz CT molecular complexity index is 481. The van der Waals surface area contributed by atoms with Crippen molar-refractivity contribution in [3.63, 3.8) is 0 Å². The lowest BCUT2D eigenvalue weighted by Gasteiger charge is -2.12. The number of cyclic esters (lactones) is 1. The summed E-state index contributed by atoms with van der Waals surface area (Å²) in [5.41, 5.74) is 2.20. The molecule has 90 valence electrons. The molecule has 1 N–H and O–H groups in total. The van der Waals surface area contributed by atoms with Crippen molar-refractivity contribution >= 4 is 17.9 Å². The molecule has 1 aromatic heterocycles. The molecule has 9 heteroatoms. The van der Waals surface area contributed by atoms with E-state index in [1.54, 1.807) is 0 Å². The van der Waals surface area contributed by atoms with E-state index in [1.807, 2.05) is 0 Å². The maximum atomic E-state index is 11.5. The fraction of sp³-hybridized carbons (Fsp3) is 0.250. The number of nitrogens with zero attached hydrogens (tertiary/aromatic N) is 2. The van der Waals surface area contributed by atoms with E-state index in [-0.39, 0.29) is 18.9 Å². The molecule has 0 unspecified atom stereocenters. The maximum Gasteiger partial charge on any atom is 0.433 e. The summed E-state index contributed by atoms with van der Waals surface area (Å²) in [6.45, 7) is 0.394. The first-order valence-corrected chi connectivity index (χ1v) is 4.57. The Balaban J connectivity index is 2.04. The van der Waals surface area contributed by atoms with Crippen molar-refractivity contribution in [2.24, 2.45) is 0 Å². The number of amides is 2. The molecule has 0 saturated carbocycles. The van der Waals surface area contributed by atoms with Crippen LogP contribution < -0.4 is 5.43 Å². The van der Waals surface area contributed by atoms with Crippen LogP contribution in [0.25, 0.3) is 0 Å². The van der Waals surface area contributed by atoms with E-state index < -0.39 is 22.8 Å². The van der Waals surface area contributed by atoms with E-state index in [4.69, 9.17) is 0 Å². The Kier molecular flexibility index (Phi) is 2.65. The smallest absolute Gasteiger partial charge is 0.433 e. The van der Waals surface area contributed by atoms with Crippen LogP contribution in [0.1, 0.15) is 10.6 Å². The zero-order valence-corrected chi connectivity index (χ0v) is 8.41. The van der Waals surface area contributed by atoms with E-state index in [0.29, 0.717) is 0 Å². The Morgan fingerprint density at radius 3 is 2.82 bits per heavy atom. The maximum absolute atomic E-state index is 11.5. The molecule has 2 amide bonds. The van der Waals surface area contributed by atoms with E-state index in [2.05, 4.69) is 14.6 Å². The number of hydrogen-bond donors (Lipinski definition) is 1. The van der Waals surface area contributed by atoms with Crippen molar-refractivity contribution in [2.75, 3.05) is 13.2 Å². The molecule has 1 aliphatic rings. The summed E-state index contributed by atoms with van der Waals surface area (Å²) >= 11 is 0. The number of hydrazine groups is 1. The second-order valence-electron chi connectivity index (χ2n) is 3.10. The van der Waals surface area contributed by atoms with Gasteiger partial charge in [0.05, 0.1) is 12.6 Å². The highest BCUT2D eigenvalue weighted by Crippen LogP contribution is 2.15. The van der Waals surface area contributed by atoms with Gasteiger partial charge in [-0.3, -0.25) is 20.3 Å². The van der Waals surface area contributed by atoms with Gasteiger partial charge in [-0.05, 0) is 6.07 Å². The standard InChI is InChI=1S/C8H7N3O6/c12-7(9-10-3-4-16-8(10)13)5-1-2-6(17-5)11(14)15/h1-2H,3-4H2,(H,9,12). The van der Waals surface area contributed by atoms with Gasteiger partial charge in [-0.15, -0.1) is 0 Å². The van der Waals surface area contributed by atoms with Crippen molar-refractivity contribution in [3.8, 4) is 0 Å². The summed E-state index contributed by atoms with van der Waals surface area (Å²) in [7, 11) is 0. The van der Waals surface area contributed by atoms with Crippen LogP contribution in [0, 0.1) is 10.1 Å². The van der Waals surface area contributed by atoms with Crippen LogP contribution in [0.3, 0.4) is 0 Å². The van der Waals surface area contributed by atoms with E-state index in [0.717, 1.165) is 17.1 Å². The summed E-state index contributed by atoms with van der Waals surface area (Å²) < 4.78 is 9.24. The molecule has 1 aromatic rings. The third-order valence-corrected chi connectivity index (χ3v) is 1.99. The summed E-state index contributed by atoms with van der Waals surface area (Å²) in [5, 5.41) is 11.3. The predicted molar refractivity (Wildman–Crippen MR) is 50.9 cm³/mol. The summed E-state index contributed by atoms with van der Waals surface area (Å²) in [6.07, 6.45) is -0.681. The number of hydrogen-bond acceptors (Lipinski definition) is 6. The first-order valence-electron chi connectivity index (χ1n) is 4.57. The van der Waals surface area contributed by atoms with Crippen LogP contribution in [0.4, 0.5) is 10.7 Å². The quantitative estimate of drug-likeness (QED) is 0.600. The Labute approximate surface area is 94.0 Å². The van der Waals surface area contributed by atoms with Crippen LogP contribution in [0.15, 0.2) is 16.5 Å². The predicted octanol–water partition coefficient (Wildman–Crippen LogP) is 0.285. The molecule has 1 fully saturated rings. The highest BCUT2D eigenvalue weighted by molar-refractivity contribution is 5.92. The molecule has 0 radical (unpaired) electrons. The monoisotopic (exact) mass is 241 g/mol. The Hall–Kier alpha value is -2.58. The Morgan fingerprint density at radius 2 is 2.29 bits per heavy atom. The van der Waals surface area contributed by atoms with Crippen molar-refractivity contribution in [2.45, 2.75) is 0 Å². The largest absolute Gasteiger partial charge is 0.446 e. The molecule has 9 nitrogen and oxygen atoms in total. The Morgan fingerprint density at radius 1 is 1.53 bits per heavy atom. The number of carbonyl (C=O) groups is 2. The highest BCUT2D eigenvalue weighted by Gasteiger charge is 2.26. The summed E-state index contributed by atoms with van der Waals surface area (Å²) in [4.78, 5) is 32.1. The lowest BCUT2D eigenvalue weighted by atomic mass is 10.4. The van der Waals surface area contributed by atoms with Crippen molar-refractivity contribution in [3.05, 3.63) is 28.0 Å². The first kappa shape index (κ1) is 10.9. The fourth-order valence-corrected chi connectivity index (χ4v) is 1.22. The van der Waals surface area contributed by atoms with Crippen molar-refractivity contribution in [1.82, 2.24) is 10.4 Å². The normalized spacial score (nSPS) is 14.6. The number of carbonyl (C=O) groups excluding carboxylic acids is 2. The molecule has 1 aliphatic heterocycles. The van der Waals surface area contributed by atoms with Gasteiger partial charge in [-0.1, -0.05) is 0 Å². The molecular weight excluding hydrogens is 234 g/mol. The SMILES string of the molecule is O=C(NN1CCOC1=O)c1ccc([N+](=O)[O-])o1. The van der Waals surface area contributed by atoms with Gasteiger partial charge in [0, 0.05) is 0 Å². The second-order valence-corrected chi connectivity index (χ2v) is 3.10. The lowest BCUT2D eigenvalue weighted by Crippen LogP contribution is -2.42. The first-order chi connectivity index (χ1) is 8.08. The number of ether oxygens (including phenoxy) is 1.